The number of aromatic nitrogens is 2. The molecule has 2 aliphatic rings. The fourth-order valence-electron chi connectivity index (χ4n) is 4.43. The topological polar surface area (TPSA) is 52.6 Å². The Balaban J connectivity index is 1.32. The third-order valence-electron chi connectivity index (χ3n) is 6.07. The minimum absolute atomic E-state index is 0.00511. The number of hydrogen-bond donors (Lipinski definition) is 0. The molecule has 0 N–H and O–H groups in total. The first-order valence-corrected chi connectivity index (χ1v) is 10.9. The van der Waals surface area contributed by atoms with Gasteiger partial charge in [0.2, 0.25) is 0 Å². The molecule has 0 bridgehead atoms. The van der Waals surface area contributed by atoms with E-state index in [9.17, 15) is 4.79 Å². The summed E-state index contributed by atoms with van der Waals surface area (Å²) >= 11 is 0. The molecule has 6 heteroatoms. The van der Waals surface area contributed by atoms with Gasteiger partial charge in [0.25, 0.3) is 5.91 Å². The van der Waals surface area contributed by atoms with Gasteiger partial charge in [-0.15, -0.1) is 10.2 Å². The summed E-state index contributed by atoms with van der Waals surface area (Å²) in [6.07, 6.45) is 3.54. The van der Waals surface area contributed by atoms with E-state index in [1.807, 2.05) is 24.0 Å². The normalized spacial score (nSPS) is 19.6. The number of anilines is 1. The number of benzene rings is 1. The van der Waals surface area contributed by atoms with E-state index in [2.05, 4.69) is 50.3 Å². The first-order valence-electron chi connectivity index (χ1n) is 10.9. The highest BCUT2D eigenvalue weighted by molar-refractivity contribution is 5.92. The summed E-state index contributed by atoms with van der Waals surface area (Å²) in [6.45, 7) is 8.71. The molecule has 154 valence electrons. The monoisotopic (exact) mass is 393 g/mol. The Hall–Kier alpha value is -2.47. The van der Waals surface area contributed by atoms with Gasteiger partial charge in [0, 0.05) is 39.3 Å². The molecule has 0 unspecified atom stereocenters. The van der Waals surface area contributed by atoms with Gasteiger partial charge in [-0.25, -0.2) is 0 Å². The minimum atomic E-state index is -0.00511. The molecule has 0 spiro atoms. The molecule has 1 aromatic carbocycles. The quantitative estimate of drug-likeness (QED) is 0.724. The molecule has 0 saturated carbocycles. The van der Waals surface area contributed by atoms with Crippen molar-refractivity contribution in [2.75, 3.05) is 44.2 Å². The van der Waals surface area contributed by atoms with Crippen LogP contribution in [0.25, 0.3) is 0 Å². The fraction of sp³-hybridized carbons (Fsp3) is 0.522. The fourth-order valence-corrected chi connectivity index (χ4v) is 4.43. The molecule has 4 rings (SSSR count). The first kappa shape index (κ1) is 19.8. The Morgan fingerprint density at radius 1 is 1.07 bits per heavy atom. The van der Waals surface area contributed by atoms with Gasteiger partial charge in [-0.05, 0) is 56.3 Å². The van der Waals surface area contributed by atoms with E-state index in [0.29, 0.717) is 18.2 Å². The zero-order chi connectivity index (χ0) is 20.1. The highest BCUT2D eigenvalue weighted by Gasteiger charge is 2.27. The van der Waals surface area contributed by atoms with E-state index in [1.165, 1.54) is 18.4 Å². The van der Waals surface area contributed by atoms with Gasteiger partial charge in [-0.2, -0.15) is 0 Å². The third-order valence-corrected chi connectivity index (χ3v) is 6.07. The Bertz CT molecular complexity index is 789. The third kappa shape index (κ3) is 4.93. The van der Waals surface area contributed by atoms with Gasteiger partial charge in [-0.3, -0.25) is 9.69 Å². The second-order valence-electron chi connectivity index (χ2n) is 8.19. The van der Waals surface area contributed by atoms with Crippen molar-refractivity contribution in [2.45, 2.75) is 32.7 Å². The Morgan fingerprint density at radius 2 is 1.86 bits per heavy atom. The predicted octanol–water partition coefficient (Wildman–Crippen LogP) is 3.06. The van der Waals surface area contributed by atoms with Crippen LogP contribution in [0, 0.1) is 5.92 Å². The van der Waals surface area contributed by atoms with E-state index in [0.717, 1.165) is 51.5 Å². The van der Waals surface area contributed by atoms with Crippen LogP contribution < -0.4 is 4.90 Å². The molecule has 29 heavy (non-hydrogen) atoms. The second kappa shape index (κ2) is 9.35. The van der Waals surface area contributed by atoms with Crippen molar-refractivity contribution in [3.63, 3.8) is 0 Å². The molecule has 6 nitrogen and oxygen atoms in total. The van der Waals surface area contributed by atoms with Crippen LogP contribution in [-0.4, -0.2) is 65.2 Å². The summed E-state index contributed by atoms with van der Waals surface area (Å²) in [4.78, 5) is 19.6. The van der Waals surface area contributed by atoms with Gasteiger partial charge in [0.15, 0.2) is 11.5 Å². The van der Waals surface area contributed by atoms with E-state index in [1.54, 1.807) is 0 Å². The molecular formula is C23H31N5O. The van der Waals surface area contributed by atoms with Crippen LogP contribution in [0.15, 0.2) is 42.5 Å². The van der Waals surface area contributed by atoms with E-state index < -0.39 is 0 Å². The molecule has 2 saturated heterocycles. The molecule has 0 radical (unpaired) electrons. The van der Waals surface area contributed by atoms with Crippen LogP contribution in [0.3, 0.4) is 0 Å². The van der Waals surface area contributed by atoms with Gasteiger partial charge in [0.1, 0.15) is 0 Å². The summed E-state index contributed by atoms with van der Waals surface area (Å²) in [5.74, 6) is 1.39. The minimum Gasteiger partial charge on any atom is -0.355 e. The number of amides is 1. The van der Waals surface area contributed by atoms with Crippen molar-refractivity contribution in [3.8, 4) is 0 Å². The lowest BCUT2D eigenvalue weighted by molar-refractivity contribution is 0.0731. The number of hydrogen-bond acceptors (Lipinski definition) is 5. The molecule has 2 fully saturated rings. The van der Waals surface area contributed by atoms with Crippen LogP contribution in [0.2, 0.25) is 0 Å². The predicted molar refractivity (Wildman–Crippen MR) is 115 cm³/mol. The zero-order valence-corrected chi connectivity index (χ0v) is 17.3. The lowest BCUT2D eigenvalue weighted by atomic mass is 10.1. The van der Waals surface area contributed by atoms with Crippen molar-refractivity contribution in [1.82, 2.24) is 20.0 Å². The second-order valence-corrected chi connectivity index (χ2v) is 8.19. The maximum Gasteiger partial charge on any atom is 0.274 e. The van der Waals surface area contributed by atoms with Crippen LogP contribution >= 0.6 is 0 Å². The highest BCUT2D eigenvalue weighted by Crippen LogP contribution is 2.21. The molecule has 1 atom stereocenters. The van der Waals surface area contributed by atoms with Crippen molar-refractivity contribution in [1.29, 1.82) is 0 Å². The lowest BCUT2D eigenvalue weighted by Gasteiger charge is -2.24. The maximum absolute atomic E-state index is 13.0. The van der Waals surface area contributed by atoms with Gasteiger partial charge < -0.3 is 9.80 Å². The number of carbonyl (C=O) groups excluding carboxylic acids is 1. The van der Waals surface area contributed by atoms with Crippen molar-refractivity contribution >= 4 is 11.7 Å². The van der Waals surface area contributed by atoms with Gasteiger partial charge in [-0.1, -0.05) is 30.3 Å². The van der Waals surface area contributed by atoms with Crippen molar-refractivity contribution in [3.05, 3.63) is 53.7 Å². The summed E-state index contributed by atoms with van der Waals surface area (Å²) < 4.78 is 0. The highest BCUT2D eigenvalue weighted by atomic mass is 16.2. The first-order chi connectivity index (χ1) is 14.2. The smallest absolute Gasteiger partial charge is 0.274 e. The summed E-state index contributed by atoms with van der Waals surface area (Å²) in [5.41, 5.74) is 1.80. The van der Waals surface area contributed by atoms with Crippen molar-refractivity contribution in [2.24, 2.45) is 5.92 Å². The molecule has 2 aromatic rings. The molecule has 0 aliphatic carbocycles. The Labute approximate surface area is 173 Å². The van der Waals surface area contributed by atoms with Gasteiger partial charge in [0.05, 0.1) is 0 Å². The number of nitrogens with zero attached hydrogens (tertiary/aromatic N) is 5. The van der Waals surface area contributed by atoms with E-state index >= 15 is 0 Å². The summed E-state index contributed by atoms with van der Waals surface area (Å²) in [5, 5.41) is 8.55. The lowest BCUT2D eigenvalue weighted by Crippen LogP contribution is -2.36. The number of carbonyl (C=O) groups is 1. The zero-order valence-electron chi connectivity index (χ0n) is 17.3. The molecule has 3 heterocycles. The average Bonchev–Trinajstić information content (AvgIpc) is 3.45. The Morgan fingerprint density at radius 3 is 2.55 bits per heavy atom. The summed E-state index contributed by atoms with van der Waals surface area (Å²) in [6, 6.07) is 14.4. The van der Waals surface area contributed by atoms with Crippen LogP contribution in [0.5, 0.6) is 0 Å². The van der Waals surface area contributed by atoms with Crippen molar-refractivity contribution < 1.29 is 4.79 Å². The SMILES string of the molecule is CCN(C[C@@H]1CCN(Cc2ccccc2)C1)C(=O)c1ccc(N2CCCC2)nn1. The standard InChI is InChI=1S/C23H31N5O/c1-2-27(18-20-12-15-26(17-20)16-19-8-4-3-5-9-19)23(29)21-10-11-22(25-24-21)28-13-6-7-14-28/h3-5,8-11,20H,2,6-7,12-18H2,1H3/t20-/m1/s1. The summed E-state index contributed by atoms with van der Waals surface area (Å²) in [7, 11) is 0. The van der Waals surface area contributed by atoms with Crippen LogP contribution in [-0.2, 0) is 6.54 Å². The molecule has 1 aromatic heterocycles. The van der Waals surface area contributed by atoms with Gasteiger partial charge >= 0.3 is 0 Å². The van der Waals surface area contributed by atoms with E-state index in [-0.39, 0.29) is 5.91 Å². The van der Waals surface area contributed by atoms with Crippen LogP contribution in [0.4, 0.5) is 5.82 Å². The Kier molecular flexibility index (Phi) is 6.39. The molecule has 2 aliphatic heterocycles. The molecule has 1 amide bonds. The average molecular weight is 394 g/mol. The maximum atomic E-state index is 13.0. The largest absolute Gasteiger partial charge is 0.355 e. The number of rotatable bonds is 7. The number of likely N-dealkylation sites (tertiary alicyclic amines) is 1. The van der Waals surface area contributed by atoms with Crippen LogP contribution in [0.1, 0.15) is 42.2 Å². The van der Waals surface area contributed by atoms with E-state index in [4.69, 9.17) is 0 Å². The molecular weight excluding hydrogens is 362 g/mol.